The molecule has 38 heavy (non-hydrogen) atoms. The zero-order valence-corrected chi connectivity index (χ0v) is 21.3. The summed E-state index contributed by atoms with van der Waals surface area (Å²) < 4.78 is 0. The van der Waals surface area contributed by atoms with Gasteiger partial charge in [-0.2, -0.15) is 0 Å². The Balaban J connectivity index is 1.28. The molecule has 1 nitrogen and oxygen atoms in total. The topological polar surface area (TPSA) is 3.24 Å². The van der Waals surface area contributed by atoms with Gasteiger partial charge >= 0.3 is 0 Å². The van der Waals surface area contributed by atoms with Crippen LogP contribution in [0.1, 0.15) is 18.1 Å². The van der Waals surface area contributed by atoms with E-state index in [1.807, 2.05) is 0 Å². The van der Waals surface area contributed by atoms with Gasteiger partial charge in [-0.25, -0.2) is 0 Å². The van der Waals surface area contributed by atoms with Gasteiger partial charge in [0.15, 0.2) is 0 Å². The van der Waals surface area contributed by atoms with E-state index >= 15 is 0 Å². The fourth-order valence-corrected chi connectivity index (χ4v) is 5.68. The van der Waals surface area contributed by atoms with Gasteiger partial charge in [0.2, 0.25) is 0 Å². The van der Waals surface area contributed by atoms with Gasteiger partial charge in [-0.1, -0.05) is 109 Å². The van der Waals surface area contributed by atoms with Gasteiger partial charge in [-0.15, -0.1) is 0 Å². The van der Waals surface area contributed by atoms with E-state index in [0.29, 0.717) is 0 Å². The highest BCUT2D eigenvalue weighted by Gasteiger charge is 2.13. The monoisotopic (exact) mass is 485 g/mol. The molecule has 0 radical (unpaired) electrons. The molecule has 0 saturated heterocycles. The fourth-order valence-electron chi connectivity index (χ4n) is 5.68. The molecule has 1 heteroatoms. The predicted molar refractivity (Wildman–Crippen MR) is 165 cm³/mol. The minimum atomic E-state index is 1.14. The summed E-state index contributed by atoms with van der Waals surface area (Å²) in [5.41, 5.74) is 7.16. The van der Waals surface area contributed by atoms with Crippen molar-refractivity contribution in [2.24, 2.45) is 0 Å². The van der Waals surface area contributed by atoms with E-state index in [4.69, 9.17) is 0 Å². The Morgan fingerprint density at radius 1 is 0.474 bits per heavy atom. The van der Waals surface area contributed by atoms with E-state index in [2.05, 4.69) is 157 Å². The van der Waals surface area contributed by atoms with Gasteiger partial charge in [0.05, 0.1) is 0 Å². The fraction of sp³-hybridized carbons (Fsp3) is 0.0270. The Kier molecular flexibility index (Phi) is 5.41. The van der Waals surface area contributed by atoms with Gasteiger partial charge in [-0.3, -0.25) is 0 Å². The molecule has 0 aliphatic rings. The van der Waals surface area contributed by atoms with Crippen LogP contribution in [0.4, 0.5) is 17.1 Å². The van der Waals surface area contributed by atoms with Crippen LogP contribution >= 0.6 is 0 Å². The number of hydrogen-bond acceptors (Lipinski definition) is 1. The Morgan fingerprint density at radius 2 is 1.00 bits per heavy atom. The lowest BCUT2D eigenvalue weighted by molar-refractivity contribution is 1.28. The standard InChI is InChI=1S/C37H27N/c1-26(25-31-18-17-30-16-15-28-9-8-10-29-21-24-35(31)37(30)36(28)29)27-19-22-34(23-20-27)38(32-11-4-2-5-12-32)33-13-6-3-7-14-33/h2-25H,1H3. The normalized spacial score (nSPS) is 12.0. The van der Waals surface area contributed by atoms with Crippen LogP contribution in [0.3, 0.4) is 0 Å². The molecular formula is C37H27N. The van der Waals surface area contributed by atoms with Gasteiger partial charge < -0.3 is 4.90 Å². The summed E-state index contributed by atoms with van der Waals surface area (Å²) >= 11 is 0. The summed E-state index contributed by atoms with van der Waals surface area (Å²) in [6.07, 6.45) is 2.33. The maximum atomic E-state index is 2.33. The molecule has 0 atom stereocenters. The molecule has 0 N–H and O–H groups in total. The van der Waals surface area contributed by atoms with E-state index < -0.39 is 0 Å². The van der Waals surface area contributed by atoms with Crippen molar-refractivity contribution in [2.45, 2.75) is 6.92 Å². The van der Waals surface area contributed by atoms with Crippen molar-refractivity contribution >= 4 is 61.0 Å². The van der Waals surface area contributed by atoms with Gasteiger partial charge in [0.25, 0.3) is 0 Å². The molecule has 180 valence electrons. The van der Waals surface area contributed by atoms with Crippen LogP contribution in [0.25, 0.3) is 44.0 Å². The van der Waals surface area contributed by atoms with Crippen LogP contribution in [-0.4, -0.2) is 0 Å². The highest BCUT2D eigenvalue weighted by atomic mass is 15.1. The van der Waals surface area contributed by atoms with Crippen molar-refractivity contribution in [2.75, 3.05) is 4.90 Å². The molecule has 0 amide bonds. The van der Waals surface area contributed by atoms with E-state index in [9.17, 15) is 0 Å². The van der Waals surface area contributed by atoms with E-state index in [1.165, 1.54) is 49.0 Å². The molecule has 0 saturated carbocycles. The van der Waals surface area contributed by atoms with E-state index in [0.717, 1.165) is 17.1 Å². The highest BCUT2D eigenvalue weighted by Crippen LogP contribution is 2.38. The largest absolute Gasteiger partial charge is 0.311 e. The molecular weight excluding hydrogens is 458 g/mol. The number of benzene rings is 7. The van der Waals surface area contributed by atoms with Crippen molar-refractivity contribution in [3.05, 3.63) is 151 Å². The molecule has 0 aromatic heterocycles. The highest BCUT2D eigenvalue weighted by molar-refractivity contribution is 6.24. The number of hydrogen-bond donors (Lipinski definition) is 0. The third-order valence-corrected chi connectivity index (χ3v) is 7.54. The Bertz CT molecular complexity index is 1840. The second-order valence-electron chi connectivity index (χ2n) is 9.89. The van der Waals surface area contributed by atoms with Crippen LogP contribution in [-0.2, 0) is 0 Å². The minimum Gasteiger partial charge on any atom is -0.311 e. The van der Waals surface area contributed by atoms with Crippen molar-refractivity contribution in [3.8, 4) is 0 Å². The third-order valence-electron chi connectivity index (χ3n) is 7.54. The lowest BCUT2D eigenvalue weighted by Gasteiger charge is -2.25. The van der Waals surface area contributed by atoms with Crippen molar-refractivity contribution in [3.63, 3.8) is 0 Å². The number of allylic oxidation sites excluding steroid dienone is 1. The second kappa shape index (κ2) is 9.21. The van der Waals surface area contributed by atoms with Gasteiger partial charge in [-0.05, 0) is 92.3 Å². The third kappa shape index (κ3) is 3.81. The zero-order chi connectivity index (χ0) is 25.5. The molecule has 0 bridgehead atoms. The summed E-state index contributed by atoms with van der Waals surface area (Å²) in [7, 11) is 0. The van der Waals surface area contributed by atoms with Crippen molar-refractivity contribution in [1.82, 2.24) is 0 Å². The quantitative estimate of drug-likeness (QED) is 0.173. The summed E-state index contributed by atoms with van der Waals surface area (Å²) in [6.45, 7) is 2.21. The maximum Gasteiger partial charge on any atom is 0.0462 e. The molecule has 7 aromatic carbocycles. The summed E-state index contributed by atoms with van der Waals surface area (Å²) in [5, 5.41) is 7.93. The first-order valence-electron chi connectivity index (χ1n) is 13.1. The second-order valence-corrected chi connectivity index (χ2v) is 9.89. The molecule has 7 aromatic rings. The lowest BCUT2D eigenvalue weighted by Crippen LogP contribution is -2.09. The first-order valence-corrected chi connectivity index (χ1v) is 13.1. The lowest BCUT2D eigenvalue weighted by atomic mass is 9.91. The average molecular weight is 486 g/mol. The summed E-state index contributed by atoms with van der Waals surface area (Å²) in [5.74, 6) is 0. The van der Waals surface area contributed by atoms with E-state index in [1.54, 1.807) is 0 Å². The van der Waals surface area contributed by atoms with Crippen LogP contribution in [0.2, 0.25) is 0 Å². The molecule has 0 aliphatic heterocycles. The SMILES string of the molecule is CC(=Cc1ccc2ccc3cccc4ccc1c2c34)c1ccc(N(c2ccccc2)c2ccccc2)cc1. The van der Waals surface area contributed by atoms with Crippen LogP contribution in [0.5, 0.6) is 0 Å². The number of nitrogens with zero attached hydrogens (tertiary/aromatic N) is 1. The smallest absolute Gasteiger partial charge is 0.0462 e. The average Bonchev–Trinajstić information content (AvgIpc) is 2.98. The molecule has 0 aliphatic carbocycles. The molecule has 0 spiro atoms. The summed E-state index contributed by atoms with van der Waals surface area (Å²) in [4.78, 5) is 2.30. The Hall–Kier alpha value is -4.88. The van der Waals surface area contributed by atoms with Crippen molar-refractivity contribution < 1.29 is 0 Å². The Labute approximate surface area is 223 Å². The molecule has 0 unspecified atom stereocenters. The zero-order valence-electron chi connectivity index (χ0n) is 21.3. The van der Waals surface area contributed by atoms with Crippen molar-refractivity contribution in [1.29, 1.82) is 0 Å². The molecule has 7 rings (SSSR count). The number of anilines is 3. The van der Waals surface area contributed by atoms with Gasteiger partial charge in [0.1, 0.15) is 0 Å². The summed E-state index contributed by atoms with van der Waals surface area (Å²) in [6, 6.07) is 50.1. The first kappa shape index (κ1) is 22.3. The maximum absolute atomic E-state index is 2.33. The van der Waals surface area contributed by atoms with Crippen LogP contribution < -0.4 is 4.90 Å². The van der Waals surface area contributed by atoms with Gasteiger partial charge in [0, 0.05) is 17.1 Å². The molecule has 0 fully saturated rings. The minimum absolute atomic E-state index is 1.14. The Morgan fingerprint density at radius 3 is 1.63 bits per heavy atom. The van der Waals surface area contributed by atoms with Crippen LogP contribution in [0, 0.1) is 0 Å². The van der Waals surface area contributed by atoms with E-state index in [-0.39, 0.29) is 0 Å². The van der Waals surface area contributed by atoms with Crippen LogP contribution in [0.15, 0.2) is 140 Å². The number of rotatable bonds is 5. The molecule has 0 heterocycles. The number of para-hydroxylation sites is 2. The predicted octanol–water partition coefficient (Wildman–Crippen LogP) is 10.6. The first-order chi connectivity index (χ1) is 18.8.